The van der Waals surface area contributed by atoms with Gasteiger partial charge in [0.25, 0.3) is 0 Å². The number of Topliss-reactive ketones (excluding diaryl/α,β-unsaturated/α-hetero) is 1. The van der Waals surface area contributed by atoms with Crippen molar-refractivity contribution in [2.75, 3.05) is 33.1 Å². The molecule has 0 heterocycles. The summed E-state index contributed by atoms with van der Waals surface area (Å²) in [5, 5.41) is 2.88. The minimum absolute atomic E-state index is 0.0313. The molecule has 150 valence electrons. The molecule has 0 aliphatic carbocycles. The van der Waals surface area contributed by atoms with Crippen LogP contribution in [0.4, 0.5) is 5.69 Å². The van der Waals surface area contributed by atoms with E-state index < -0.39 is 0 Å². The summed E-state index contributed by atoms with van der Waals surface area (Å²) >= 11 is 0. The number of nitrogens with zero attached hydrogens (tertiary/aromatic N) is 1. The number of hydrogen-bond donors (Lipinski definition) is 1. The van der Waals surface area contributed by atoms with Gasteiger partial charge in [-0.15, -0.1) is 0 Å². The van der Waals surface area contributed by atoms with Crippen LogP contribution in [0.15, 0.2) is 42.5 Å². The molecule has 2 aromatic rings. The topological polar surface area (TPSA) is 67.9 Å². The van der Waals surface area contributed by atoms with Gasteiger partial charge in [-0.05, 0) is 57.1 Å². The van der Waals surface area contributed by atoms with Crippen LogP contribution in [0.3, 0.4) is 0 Å². The molecule has 2 rings (SSSR count). The van der Waals surface area contributed by atoms with Crippen molar-refractivity contribution in [3.63, 3.8) is 0 Å². The van der Waals surface area contributed by atoms with E-state index in [0.29, 0.717) is 29.3 Å². The van der Waals surface area contributed by atoms with E-state index in [9.17, 15) is 9.59 Å². The van der Waals surface area contributed by atoms with Gasteiger partial charge in [0.2, 0.25) is 5.91 Å². The van der Waals surface area contributed by atoms with Gasteiger partial charge >= 0.3 is 0 Å². The lowest BCUT2D eigenvalue weighted by Crippen LogP contribution is -2.40. The maximum absolute atomic E-state index is 12.6. The van der Waals surface area contributed by atoms with E-state index in [-0.39, 0.29) is 17.7 Å². The Kier molecular flexibility index (Phi) is 7.58. The van der Waals surface area contributed by atoms with E-state index in [1.165, 1.54) is 6.92 Å². The molecule has 1 atom stereocenters. The third-order valence-electron chi connectivity index (χ3n) is 4.78. The molecule has 0 aromatic heterocycles. The molecule has 0 aliphatic rings. The second-order valence-electron chi connectivity index (χ2n) is 6.72. The molecule has 28 heavy (non-hydrogen) atoms. The van der Waals surface area contributed by atoms with Gasteiger partial charge in [-0.1, -0.05) is 18.2 Å². The SMILES string of the molecule is COc1ccc(CCN(C)[C@@H](C)C(=O)Nc2cccc(C(C)=O)c2)cc1OC. The van der Waals surface area contributed by atoms with Crippen LogP contribution in [0, 0.1) is 0 Å². The maximum Gasteiger partial charge on any atom is 0.241 e. The van der Waals surface area contributed by atoms with Crippen molar-refractivity contribution in [1.29, 1.82) is 0 Å². The molecule has 0 spiro atoms. The molecule has 0 aliphatic heterocycles. The third kappa shape index (κ3) is 5.57. The first-order chi connectivity index (χ1) is 13.3. The van der Waals surface area contributed by atoms with Crippen LogP contribution < -0.4 is 14.8 Å². The molecule has 6 nitrogen and oxygen atoms in total. The second kappa shape index (κ2) is 9.90. The summed E-state index contributed by atoms with van der Waals surface area (Å²) in [4.78, 5) is 26.0. The number of ketones is 1. The highest BCUT2D eigenvalue weighted by atomic mass is 16.5. The van der Waals surface area contributed by atoms with E-state index in [1.54, 1.807) is 38.5 Å². The fourth-order valence-electron chi connectivity index (χ4n) is 2.80. The standard InChI is InChI=1S/C22H28N2O4/c1-15(22(26)23-19-8-6-7-18(14-19)16(2)25)24(3)12-11-17-9-10-20(27-4)21(13-17)28-5/h6-10,13-15H,11-12H2,1-5H3,(H,23,26)/t15-/m0/s1. The Morgan fingerprint density at radius 2 is 1.79 bits per heavy atom. The first-order valence-electron chi connectivity index (χ1n) is 9.18. The Morgan fingerprint density at radius 1 is 1.07 bits per heavy atom. The summed E-state index contributed by atoms with van der Waals surface area (Å²) in [5.74, 6) is 1.24. The van der Waals surface area contributed by atoms with E-state index in [4.69, 9.17) is 9.47 Å². The summed E-state index contributed by atoms with van der Waals surface area (Å²) in [6, 6.07) is 12.5. The molecule has 2 aromatic carbocycles. The second-order valence-corrected chi connectivity index (χ2v) is 6.72. The molecule has 0 saturated carbocycles. The number of carbonyl (C=O) groups is 2. The minimum atomic E-state index is -0.318. The molecule has 0 radical (unpaired) electrons. The van der Waals surface area contributed by atoms with Gasteiger partial charge in [0, 0.05) is 17.8 Å². The number of carbonyl (C=O) groups excluding carboxylic acids is 2. The van der Waals surface area contributed by atoms with Crippen LogP contribution in [0.5, 0.6) is 11.5 Å². The molecule has 0 saturated heterocycles. The van der Waals surface area contributed by atoms with Crippen molar-refractivity contribution < 1.29 is 19.1 Å². The number of likely N-dealkylation sites (N-methyl/N-ethyl adjacent to an activating group) is 1. The van der Waals surface area contributed by atoms with Crippen molar-refractivity contribution in [2.24, 2.45) is 0 Å². The monoisotopic (exact) mass is 384 g/mol. The van der Waals surface area contributed by atoms with Crippen LogP contribution in [0.1, 0.15) is 29.8 Å². The van der Waals surface area contributed by atoms with Crippen LogP contribution in [-0.2, 0) is 11.2 Å². The molecular formula is C22H28N2O4. The first-order valence-corrected chi connectivity index (χ1v) is 9.18. The zero-order valence-electron chi connectivity index (χ0n) is 17.1. The van der Waals surface area contributed by atoms with Crippen LogP contribution >= 0.6 is 0 Å². The van der Waals surface area contributed by atoms with E-state index in [1.807, 2.05) is 37.1 Å². The first kappa shape index (κ1) is 21.4. The molecule has 0 bridgehead atoms. The number of benzene rings is 2. The molecule has 1 N–H and O–H groups in total. The van der Waals surface area contributed by atoms with Gasteiger partial charge in [0.15, 0.2) is 17.3 Å². The fraction of sp³-hybridized carbons (Fsp3) is 0.364. The van der Waals surface area contributed by atoms with Gasteiger partial charge in [0.1, 0.15) is 0 Å². The van der Waals surface area contributed by atoms with Crippen molar-refractivity contribution in [1.82, 2.24) is 4.90 Å². The number of amides is 1. The Balaban J connectivity index is 1.94. The Morgan fingerprint density at radius 3 is 2.43 bits per heavy atom. The Hall–Kier alpha value is -2.86. The lowest BCUT2D eigenvalue weighted by atomic mass is 10.1. The Bertz CT molecular complexity index is 835. The summed E-state index contributed by atoms with van der Waals surface area (Å²) in [7, 11) is 5.13. The van der Waals surface area contributed by atoms with Gasteiger partial charge in [-0.3, -0.25) is 14.5 Å². The van der Waals surface area contributed by atoms with Crippen LogP contribution in [0.2, 0.25) is 0 Å². The normalized spacial score (nSPS) is 11.8. The highest BCUT2D eigenvalue weighted by Gasteiger charge is 2.18. The van der Waals surface area contributed by atoms with E-state index >= 15 is 0 Å². The molecular weight excluding hydrogens is 356 g/mol. The molecule has 0 unspecified atom stereocenters. The number of rotatable bonds is 9. The molecule has 1 amide bonds. The lowest BCUT2D eigenvalue weighted by molar-refractivity contribution is -0.120. The van der Waals surface area contributed by atoms with Crippen molar-refractivity contribution in [2.45, 2.75) is 26.3 Å². The average molecular weight is 384 g/mol. The van der Waals surface area contributed by atoms with Crippen LogP contribution in [-0.4, -0.2) is 50.4 Å². The summed E-state index contributed by atoms with van der Waals surface area (Å²) < 4.78 is 10.6. The van der Waals surface area contributed by atoms with Gasteiger partial charge in [-0.2, -0.15) is 0 Å². The summed E-state index contributed by atoms with van der Waals surface area (Å²) in [6.07, 6.45) is 0.772. The quantitative estimate of drug-likeness (QED) is 0.671. The van der Waals surface area contributed by atoms with Crippen molar-refractivity contribution in [3.8, 4) is 11.5 Å². The smallest absolute Gasteiger partial charge is 0.241 e. The summed E-state index contributed by atoms with van der Waals surface area (Å²) in [5.41, 5.74) is 2.30. The predicted octanol–water partition coefficient (Wildman–Crippen LogP) is 3.41. The number of methoxy groups -OCH3 is 2. The van der Waals surface area contributed by atoms with Gasteiger partial charge in [-0.25, -0.2) is 0 Å². The number of anilines is 1. The highest BCUT2D eigenvalue weighted by molar-refractivity contribution is 5.98. The predicted molar refractivity (Wildman–Crippen MR) is 110 cm³/mol. The lowest BCUT2D eigenvalue weighted by Gasteiger charge is -2.24. The largest absolute Gasteiger partial charge is 0.493 e. The molecule has 6 heteroatoms. The molecule has 0 fully saturated rings. The minimum Gasteiger partial charge on any atom is -0.493 e. The van der Waals surface area contributed by atoms with Crippen molar-refractivity contribution >= 4 is 17.4 Å². The van der Waals surface area contributed by atoms with Gasteiger partial charge in [0.05, 0.1) is 20.3 Å². The number of nitrogens with one attached hydrogen (secondary N) is 1. The number of ether oxygens (including phenoxy) is 2. The zero-order chi connectivity index (χ0) is 20.7. The van der Waals surface area contributed by atoms with E-state index in [2.05, 4.69) is 5.32 Å². The fourth-order valence-corrected chi connectivity index (χ4v) is 2.80. The third-order valence-corrected chi connectivity index (χ3v) is 4.78. The average Bonchev–Trinajstić information content (AvgIpc) is 2.71. The zero-order valence-corrected chi connectivity index (χ0v) is 17.1. The van der Waals surface area contributed by atoms with E-state index in [0.717, 1.165) is 12.0 Å². The maximum atomic E-state index is 12.6. The number of hydrogen-bond acceptors (Lipinski definition) is 5. The Labute approximate surface area is 166 Å². The van der Waals surface area contributed by atoms with Crippen molar-refractivity contribution in [3.05, 3.63) is 53.6 Å². The highest BCUT2D eigenvalue weighted by Crippen LogP contribution is 2.27. The van der Waals surface area contributed by atoms with Gasteiger partial charge < -0.3 is 14.8 Å². The summed E-state index contributed by atoms with van der Waals surface area (Å²) in [6.45, 7) is 4.07. The van der Waals surface area contributed by atoms with Crippen LogP contribution in [0.25, 0.3) is 0 Å².